The van der Waals surface area contributed by atoms with Crippen LogP contribution in [0.5, 0.6) is 0 Å². The van der Waals surface area contributed by atoms with Crippen molar-refractivity contribution in [2.75, 3.05) is 6.54 Å². The molecule has 5 nitrogen and oxygen atoms in total. The molecule has 0 saturated carbocycles. The molecular formula is C15H16F3N3O2. The first-order valence-electron chi connectivity index (χ1n) is 7.13. The first kappa shape index (κ1) is 17.0. The molecule has 0 aliphatic heterocycles. The van der Waals surface area contributed by atoms with Gasteiger partial charge in [0.2, 0.25) is 11.6 Å². The van der Waals surface area contributed by atoms with Crippen molar-refractivity contribution in [2.45, 2.75) is 32.5 Å². The maximum Gasteiger partial charge on any atom is 0.438 e. The number of carbonyl (C=O) groups is 1. The average molecular weight is 327 g/mol. The number of hydrogen-bond donors (Lipinski definition) is 1. The zero-order valence-corrected chi connectivity index (χ0v) is 12.6. The van der Waals surface area contributed by atoms with E-state index in [0.29, 0.717) is 13.0 Å². The van der Waals surface area contributed by atoms with Crippen LogP contribution in [0.3, 0.4) is 0 Å². The number of nitrogens with one attached hydrogen (secondary N) is 1. The number of amides is 1. The maximum atomic E-state index is 13.0. The molecule has 1 aromatic heterocycles. The smallest absolute Gasteiger partial charge is 0.354 e. The quantitative estimate of drug-likeness (QED) is 0.938. The van der Waals surface area contributed by atoms with Gasteiger partial charge in [-0.3, -0.25) is 14.2 Å². The summed E-state index contributed by atoms with van der Waals surface area (Å²) in [6.45, 7) is 3.62. The fourth-order valence-corrected chi connectivity index (χ4v) is 2.24. The number of nitrogens with zero attached hydrogens (tertiary/aromatic N) is 2. The summed E-state index contributed by atoms with van der Waals surface area (Å²) >= 11 is 0. The van der Waals surface area contributed by atoms with E-state index in [2.05, 4.69) is 10.3 Å². The predicted molar refractivity (Wildman–Crippen MR) is 79.0 cm³/mol. The third-order valence-electron chi connectivity index (χ3n) is 3.38. The Morgan fingerprint density at radius 2 is 2.00 bits per heavy atom. The van der Waals surface area contributed by atoms with Crippen LogP contribution in [0.2, 0.25) is 0 Å². The van der Waals surface area contributed by atoms with Crippen molar-refractivity contribution in [1.29, 1.82) is 0 Å². The molecule has 1 heterocycles. The molecule has 1 N–H and O–H groups in total. The molecule has 0 spiro atoms. The van der Waals surface area contributed by atoms with Gasteiger partial charge >= 0.3 is 6.18 Å². The highest BCUT2D eigenvalue weighted by Crippen LogP contribution is 2.27. The number of fused-ring (bicyclic) bond motifs is 1. The van der Waals surface area contributed by atoms with Crippen LogP contribution < -0.4 is 10.9 Å². The standard InChI is InChI=1S/C15H16F3N3O2/c1-3-8-19-13(22)9(2)21-11-7-5-4-6-10(11)20-12(14(21)23)15(16,17)18/h4-7,9H,3,8H2,1-2H3,(H,19,22)/t9-/m0/s1. The van der Waals surface area contributed by atoms with Crippen LogP contribution in [0.15, 0.2) is 29.1 Å². The lowest BCUT2D eigenvalue weighted by atomic mass is 10.2. The molecule has 2 aromatic rings. The van der Waals surface area contributed by atoms with E-state index in [9.17, 15) is 22.8 Å². The van der Waals surface area contributed by atoms with Crippen LogP contribution in [0.1, 0.15) is 32.0 Å². The molecule has 0 radical (unpaired) electrons. The van der Waals surface area contributed by atoms with E-state index in [1.54, 1.807) is 6.07 Å². The number of halogens is 3. The topological polar surface area (TPSA) is 64.0 Å². The van der Waals surface area contributed by atoms with Crippen LogP contribution in [0.4, 0.5) is 13.2 Å². The third kappa shape index (κ3) is 3.35. The van der Waals surface area contributed by atoms with Crippen LogP contribution in [-0.2, 0) is 11.0 Å². The van der Waals surface area contributed by atoms with E-state index in [4.69, 9.17) is 0 Å². The molecule has 1 aromatic carbocycles. The summed E-state index contributed by atoms with van der Waals surface area (Å²) in [4.78, 5) is 27.8. The van der Waals surface area contributed by atoms with Crippen molar-refractivity contribution in [3.63, 3.8) is 0 Å². The van der Waals surface area contributed by atoms with Gasteiger partial charge in [-0.2, -0.15) is 13.2 Å². The highest BCUT2D eigenvalue weighted by atomic mass is 19.4. The van der Waals surface area contributed by atoms with E-state index in [1.165, 1.54) is 25.1 Å². The van der Waals surface area contributed by atoms with Crippen molar-refractivity contribution in [1.82, 2.24) is 14.9 Å². The van der Waals surface area contributed by atoms with E-state index in [0.717, 1.165) is 4.57 Å². The third-order valence-corrected chi connectivity index (χ3v) is 3.38. The number of carbonyl (C=O) groups excluding carboxylic acids is 1. The van der Waals surface area contributed by atoms with Gasteiger partial charge in [-0.1, -0.05) is 19.1 Å². The second-order valence-electron chi connectivity index (χ2n) is 5.09. The van der Waals surface area contributed by atoms with Crippen LogP contribution >= 0.6 is 0 Å². The lowest BCUT2D eigenvalue weighted by molar-refractivity contribution is -0.142. The number of alkyl halides is 3. The Balaban J connectivity index is 2.68. The van der Waals surface area contributed by atoms with Crippen LogP contribution in [-0.4, -0.2) is 22.0 Å². The van der Waals surface area contributed by atoms with Gasteiger partial charge in [-0.25, -0.2) is 4.98 Å². The number of rotatable bonds is 4. The first-order chi connectivity index (χ1) is 10.8. The fraction of sp³-hybridized carbons (Fsp3) is 0.400. The minimum atomic E-state index is -4.89. The zero-order chi connectivity index (χ0) is 17.2. The van der Waals surface area contributed by atoms with E-state index in [-0.39, 0.29) is 11.0 Å². The highest BCUT2D eigenvalue weighted by molar-refractivity contribution is 5.83. The Bertz CT molecular complexity index is 784. The molecule has 1 amide bonds. The van der Waals surface area contributed by atoms with E-state index >= 15 is 0 Å². The Morgan fingerprint density at radius 1 is 1.35 bits per heavy atom. The number of hydrogen-bond acceptors (Lipinski definition) is 3. The van der Waals surface area contributed by atoms with Gasteiger partial charge in [-0.15, -0.1) is 0 Å². The number of para-hydroxylation sites is 2. The predicted octanol–water partition coefficient (Wildman–Crippen LogP) is 2.50. The molecular weight excluding hydrogens is 311 g/mol. The summed E-state index contributed by atoms with van der Waals surface area (Å²) in [6, 6.07) is 4.85. The largest absolute Gasteiger partial charge is 0.438 e. The maximum absolute atomic E-state index is 13.0. The van der Waals surface area contributed by atoms with Gasteiger partial charge in [0.1, 0.15) is 6.04 Å². The summed E-state index contributed by atoms with van der Waals surface area (Å²) < 4.78 is 40.0. The molecule has 0 fully saturated rings. The van der Waals surface area contributed by atoms with Gasteiger partial charge in [0.25, 0.3) is 5.56 Å². The molecule has 2 rings (SSSR count). The van der Waals surface area contributed by atoms with Crippen molar-refractivity contribution >= 4 is 16.9 Å². The fourth-order valence-electron chi connectivity index (χ4n) is 2.24. The second-order valence-corrected chi connectivity index (χ2v) is 5.09. The Morgan fingerprint density at radius 3 is 2.61 bits per heavy atom. The van der Waals surface area contributed by atoms with Gasteiger partial charge in [0, 0.05) is 6.54 Å². The Hall–Kier alpha value is -2.38. The minimum absolute atomic E-state index is 0.00886. The van der Waals surface area contributed by atoms with Gasteiger partial charge in [0.05, 0.1) is 11.0 Å². The molecule has 0 unspecified atom stereocenters. The van der Waals surface area contributed by atoms with Crippen LogP contribution in [0, 0.1) is 0 Å². The van der Waals surface area contributed by atoms with Crippen molar-refractivity contribution in [3.8, 4) is 0 Å². The van der Waals surface area contributed by atoms with E-state index in [1.807, 2.05) is 6.92 Å². The Kier molecular flexibility index (Phi) is 4.72. The highest BCUT2D eigenvalue weighted by Gasteiger charge is 2.38. The van der Waals surface area contributed by atoms with Gasteiger partial charge in [0.15, 0.2) is 0 Å². The molecule has 0 aliphatic rings. The van der Waals surface area contributed by atoms with Gasteiger partial charge in [-0.05, 0) is 25.5 Å². The number of benzene rings is 1. The lowest BCUT2D eigenvalue weighted by Gasteiger charge is -2.19. The van der Waals surface area contributed by atoms with Crippen molar-refractivity contribution < 1.29 is 18.0 Å². The average Bonchev–Trinajstić information content (AvgIpc) is 2.50. The summed E-state index contributed by atoms with van der Waals surface area (Å²) in [5, 5.41) is 2.58. The minimum Gasteiger partial charge on any atom is -0.354 e. The molecule has 8 heteroatoms. The molecule has 23 heavy (non-hydrogen) atoms. The van der Waals surface area contributed by atoms with Crippen LogP contribution in [0.25, 0.3) is 11.0 Å². The molecule has 0 saturated heterocycles. The first-order valence-corrected chi connectivity index (χ1v) is 7.13. The zero-order valence-electron chi connectivity index (χ0n) is 12.6. The molecule has 0 aliphatic carbocycles. The normalized spacial score (nSPS) is 13.1. The molecule has 1 atom stereocenters. The second kappa shape index (κ2) is 6.39. The number of aromatic nitrogens is 2. The summed E-state index contributed by atoms with van der Waals surface area (Å²) in [6.07, 6.45) is -4.21. The van der Waals surface area contributed by atoms with Crippen molar-refractivity contribution in [2.24, 2.45) is 0 Å². The molecule has 124 valence electrons. The monoisotopic (exact) mass is 327 g/mol. The summed E-state index contributed by atoms with van der Waals surface area (Å²) in [5.41, 5.74) is -2.65. The van der Waals surface area contributed by atoms with E-state index < -0.39 is 29.4 Å². The SMILES string of the molecule is CCCNC(=O)[C@H](C)n1c(=O)c(C(F)(F)F)nc2ccccc21. The summed E-state index contributed by atoms with van der Waals surface area (Å²) in [7, 11) is 0. The van der Waals surface area contributed by atoms with Gasteiger partial charge < -0.3 is 5.32 Å². The lowest BCUT2D eigenvalue weighted by Crippen LogP contribution is -2.39. The summed E-state index contributed by atoms with van der Waals surface area (Å²) in [5.74, 6) is -0.515. The Labute approximate surface area is 130 Å². The van der Waals surface area contributed by atoms with Crippen molar-refractivity contribution in [3.05, 3.63) is 40.3 Å². The molecule has 0 bridgehead atoms.